The molecule has 1 N–H and O–H groups in total. The minimum atomic E-state index is -1.02. The Morgan fingerprint density at radius 1 is 1.47 bits per heavy atom. The zero-order chi connectivity index (χ0) is 13.8. The van der Waals surface area contributed by atoms with Gasteiger partial charge in [-0.15, -0.1) is 0 Å². The smallest absolute Gasteiger partial charge is 0.328 e. The number of nitrogens with zero attached hydrogens (tertiary/aromatic N) is 2. The normalized spacial score (nSPS) is 10.8. The van der Waals surface area contributed by atoms with E-state index in [2.05, 4.69) is 5.10 Å². The minimum absolute atomic E-state index is 0.416. The zero-order valence-corrected chi connectivity index (χ0v) is 10.8. The monoisotopic (exact) mass is 278 g/mol. The Morgan fingerprint density at radius 2 is 2.26 bits per heavy atom. The molecule has 0 amide bonds. The molecule has 19 heavy (non-hydrogen) atoms. The molecule has 0 fully saturated rings. The first-order valence-electron chi connectivity index (χ1n) is 5.41. The van der Waals surface area contributed by atoms with Gasteiger partial charge in [0.15, 0.2) is 5.75 Å². The number of aromatic nitrogens is 2. The van der Waals surface area contributed by atoms with Crippen LogP contribution in [0.5, 0.6) is 11.5 Å². The molecule has 2 rings (SSSR count). The van der Waals surface area contributed by atoms with Crippen molar-refractivity contribution in [3.63, 3.8) is 0 Å². The molecule has 0 spiro atoms. The van der Waals surface area contributed by atoms with Gasteiger partial charge in [-0.25, -0.2) is 4.79 Å². The van der Waals surface area contributed by atoms with E-state index in [4.69, 9.17) is 21.4 Å². The predicted molar refractivity (Wildman–Crippen MR) is 71.4 cm³/mol. The van der Waals surface area contributed by atoms with E-state index in [1.807, 2.05) is 0 Å². The Bertz CT molecular complexity index is 635. The third-order valence-corrected chi connectivity index (χ3v) is 2.62. The maximum absolute atomic E-state index is 10.4. The number of aliphatic carboxylic acids is 1. The van der Waals surface area contributed by atoms with Gasteiger partial charge in [0.25, 0.3) is 0 Å². The Labute approximate surface area is 114 Å². The van der Waals surface area contributed by atoms with E-state index in [0.29, 0.717) is 22.1 Å². The van der Waals surface area contributed by atoms with Crippen LogP contribution < -0.4 is 4.74 Å². The summed E-state index contributed by atoms with van der Waals surface area (Å²) >= 11 is 6.04. The van der Waals surface area contributed by atoms with Crippen molar-refractivity contribution < 1.29 is 14.6 Å². The van der Waals surface area contributed by atoms with Gasteiger partial charge in [0.2, 0.25) is 0 Å². The molecular weight excluding hydrogens is 268 g/mol. The molecule has 1 aromatic carbocycles. The van der Waals surface area contributed by atoms with Crippen LogP contribution in [0.1, 0.15) is 5.56 Å². The summed E-state index contributed by atoms with van der Waals surface area (Å²) in [5.41, 5.74) is 0.614. The second kappa shape index (κ2) is 5.58. The second-order valence-electron chi connectivity index (χ2n) is 3.81. The van der Waals surface area contributed by atoms with Crippen LogP contribution in [0.3, 0.4) is 0 Å². The van der Waals surface area contributed by atoms with Crippen LogP contribution in [0, 0.1) is 0 Å². The number of hydrogen-bond acceptors (Lipinski definition) is 3. The molecule has 2 aromatic rings. The number of hydrogen-bond donors (Lipinski definition) is 1. The number of carbonyl (C=O) groups is 1. The number of benzene rings is 1. The Balaban J connectivity index is 2.16. The van der Waals surface area contributed by atoms with Crippen LogP contribution in [0.4, 0.5) is 0 Å². The van der Waals surface area contributed by atoms with E-state index >= 15 is 0 Å². The molecule has 0 aliphatic carbocycles. The zero-order valence-electron chi connectivity index (χ0n) is 10.1. The molecule has 0 aliphatic rings. The van der Waals surface area contributed by atoms with E-state index in [-0.39, 0.29) is 0 Å². The second-order valence-corrected chi connectivity index (χ2v) is 4.21. The number of halogens is 1. The summed E-state index contributed by atoms with van der Waals surface area (Å²) < 4.78 is 7.18. The third-order valence-electron chi connectivity index (χ3n) is 2.29. The lowest BCUT2D eigenvalue weighted by atomic mass is 10.2. The SMILES string of the molecule is Cn1cc(Oc2ccc(/C=C/C(=O)O)c(Cl)c2)cn1. The topological polar surface area (TPSA) is 64.3 Å². The molecule has 0 aliphatic heterocycles. The molecule has 1 aromatic heterocycles. The van der Waals surface area contributed by atoms with Crippen molar-refractivity contribution in [3.05, 3.63) is 47.3 Å². The lowest BCUT2D eigenvalue weighted by molar-refractivity contribution is -0.131. The van der Waals surface area contributed by atoms with E-state index in [1.165, 1.54) is 6.08 Å². The standard InChI is InChI=1S/C13H11ClN2O3/c1-16-8-11(7-15-16)19-10-4-2-9(12(14)6-10)3-5-13(17)18/h2-8H,1H3,(H,17,18)/b5-3+. The summed E-state index contributed by atoms with van der Waals surface area (Å²) in [7, 11) is 1.79. The van der Waals surface area contributed by atoms with Crippen LogP contribution in [-0.4, -0.2) is 20.9 Å². The molecule has 0 saturated carbocycles. The van der Waals surface area contributed by atoms with E-state index in [0.717, 1.165) is 6.08 Å². The fraction of sp³-hybridized carbons (Fsp3) is 0.0769. The molecular formula is C13H11ClN2O3. The van der Waals surface area contributed by atoms with Crippen molar-refractivity contribution in [2.24, 2.45) is 7.05 Å². The van der Waals surface area contributed by atoms with Gasteiger partial charge >= 0.3 is 5.97 Å². The van der Waals surface area contributed by atoms with Crippen molar-refractivity contribution in [3.8, 4) is 11.5 Å². The molecule has 1 heterocycles. The molecule has 0 atom stereocenters. The van der Waals surface area contributed by atoms with Crippen molar-refractivity contribution in [1.29, 1.82) is 0 Å². The minimum Gasteiger partial charge on any atom is -0.478 e. The first kappa shape index (κ1) is 13.2. The number of carboxylic acid groups (broad SMARTS) is 1. The average Bonchev–Trinajstić information content (AvgIpc) is 2.73. The van der Waals surface area contributed by atoms with Crippen molar-refractivity contribution in [2.75, 3.05) is 0 Å². The van der Waals surface area contributed by atoms with Crippen LogP contribution in [-0.2, 0) is 11.8 Å². The first-order chi connectivity index (χ1) is 9.04. The van der Waals surface area contributed by atoms with Crippen LogP contribution in [0.15, 0.2) is 36.7 Å². The number of ether oxygens (including phenoxy) is 1. The Kier molecular flexibility index (Phi) is 3.87. The Morgan fingerprint density at radius 3 is 2.84 bits per heavy atom. The van der Waals surface area contributed by atoms with Gasteiger partial charge in [-0.1, -0.05) is 11.6 Å². The van der Waals surface area contributed by atoms with Crippen molar-refractivity contribution in [2.45, 2.75) is 0 Å². The number of carboxylic acids is 1. The van der Waals surface area contributed by atoms with Gasteiger partial charge in [0.05, 0.1) is 17.4 Å². The summed E-state index contributed by atoms with van der Waals surface area (Å²) in [6, 6.07) is 5.02. The maximum Gasteiger partial charge on any atom is 0.328 e. The predicted octanol–water partition coefficient (Wildman–Crippen LogP) is 2.96. The highest BCUT2D eigenvalue weighted by Crippen LogP contribution is 2.27. The van der Waals surface area contributed by atoms with Gasteiger partial charge in [-0.05, 0) is 23.8 Å². The van der Waals surface area contributed by atoms with E-state index in [1.54, 1.807) is 42.3 Å². The van der Waals surface area contributed by atoms with Gasteiger partial charge in [-0.3, -0.25) is 4.68 Å². The van der Waals surface area contributed by atoms with Crippen LogP contribution in [0.25, 0.3) is 6.08 Å². The summed E-state index contributed by atoms with van der Waals surface area (Å²) in [5.74, 6) is 0.143. The molecule has 6 heteroatoms. The Hall–Kier alpha value is -2.27. The summed E-state index contributed by atoms with van der Waals surface area (Å²) in [4.78, 5) is 10.4. The molecule has 98 valence electrons. The lowest BCUT2D eigenvalue weighted by Crippen LogP contribution is -1.87. The fourth-order valence-corrected chi connectivity index (χ4v) is 1.69. The molecule has 0 radical (unpaired) electrons. The third kappa shape index (κ3) is 3.59. The molecule has 0 unspecified atom stereocenters. The number of aryl methyl sites for hydroxylation is 1. The highest BCUT2D eigenvalue weighted by molar-refractivity contribution is 6.32. The highest BCUT2D eigenvalue weighted by atomic mass is 35.5. The molecule has 0 saturated heterocycles. The number of rotatable bonds is 4. The largest absolute Gasteiger partial charge is 0.478 e. The van der Waals surface area contributed by atoms with Gasteiger partial charge in [-0.2, -0.15) is 5.10 Å². The quantitative estimate of drug-likeness (QED) is 0.873. The van der Waals surface area contributed by atoms with Crippen molar-refractivity contribution >= 4 is 23.6 Å². The summed E-state index contributed by atoms with van der Waals surface area (Å²) in [5, 5.41) is 13.0. The lowest BCUT2D eigenvalue weighted by Gasteiger charge is -2.04. The van der Waals surface area contributed by atoms with E-state index < -0.39 is 5.97 Å². The van der Waals surface area contributed by atoms with Crippen molar-refractivity contribution in [1.82, 2.24) is 9.78 Å². The highest BCUT2D eigenvalue weighted by Gasteiger charge is 2.03. The van der Waals surface area contributed by atoms with Gasteiger partial charge < -0.3 is 9.84 Å². The maximum atomic E-state index is 10.4. The fourth-order valence-electron chi connectivity index (χ4n) is 1.46. The molecule has 5 nitrogen and oxygen atoms in total. The molecule has 0 bridgehead atoms. The van der Waals surface area contributed by atoms with E-state index in [9.17, 15) is 4.79 Å². The summed E-state index contributed by atoms with van der Waals surface area (Å²) in [6.07, 6.45) is 5.78. The summed E-state index contributed by atoms with van der Waals surface area (Å²) in [6.45, 7) is 0. The van der Waals surface area contributed by atoms with Crippen LogP contribution in [0.2, 0.25) is 5.02 Å². The first-order valence-corrected chi connectivity index (χ1v) is 5.79. The van der Waals surface area contributed by atoms with Gasteiger partial charge in [0.1, 0.15) is 5.75 Å². The van der Waals surface area contributed by atoms with Crippen LogP contribution >= 0.6 is 11.6 Å². The average molecular weight is 279 g/mol. The van der Waals surface area contributed by atoms with Gasteiger partial charge in [0, 0.05) is 19.2 Å².